The van der Waals surface area contributed by atoms with E-state index in [0.717, 1.165) is 0 Å². The summed E-state index contributed by atoms with van der Waals surface area (Å²) in [6.45, 7) is -0.237. The summed E-state index contributed by atoms with van der Waals surface area (Å²) in [6.07, 6.45) is 0. The van der Waals surface area contributed by atoms with Gasteiger partial charge in [0.15, 0.2) is 18.1 Å². The number of halogens is 2. The zero-order valence-corrected chi connectivity index (χ0v) is 14.2. The van der Waals surface area contributed by atoms with Crippen molar-refractivity contribution in [2.75, 3.05) is 18.7 Å². The predicted molar refractivity (Wildman–Crippen MR) is 91.7 cm³/mol. The number of benzene rings is 2. The van der Waals surface area contributed by atoms with E-state index in [4.69, 9.17) is 37.4 Å². The van der Waals surface area contributed by atoms with Crippen molar-refractivity contribution < 1.29 is 23.8 Å². The van der Waals surface area contributed by atoms with Crippen LogP contribution in [-0.4, -0.2) is 25.3 Å². The van der Waals surface area contributed by atoms with E-state index in [-0.39, 0.29) is 13.4 Å². The number of imide groups is 1. The molecule has 2 N–H and O–H groups in total. The predicted octanol–water partition coefficient (Wildman–Crippen LogP) is 3.45. The molecule has 0 atom stereocenters. The van der Waals surface area contributed by atoms with Crippen LogP contribution in [0.15, 0.2) is 36.4 Å². The van der Waals surface area contributed by atoms with Crippen molar-refractivity contribution in [2.24, 2.45) is 0 Å². The van der Waals surface area contributed by atoms with E-state index in [9.17, 15) is 9.59 Å². The van der Waals surface area contributed by atoms with Crippen molar-refractivity contribution in [3.05, 3.63) is 46.4 Å². The Morgan fingerprint density at radius 2 is 1.76 bits per heavy atom. The first-order valence-corrected chi connectivity index (χ1v) is 7.84. The van der Waals surface area contributed by atoms with Crippen LogP contribution in [0.25, 0.3) is 0 Å². The number of anilines is 1. The number of rotatable bonds is 4. The third kappa shape index (κ3) is 4.68. The molecule has 1 aliphatic rings. The van der Waals surface area contributed by atoms with Crippen LogP contribution in [0.3, 0.4) is 0 Å². The number of urea groups is 1. The lowest BCUT2D eigenvalue weighted by Crippen LogP contribution is -2.37. The number of hydrogen-bond donors (Lipinski definition) is 2. The van der Waals surface area contributed by atoms with Crippen LogP contribution in [0.4, 0.5) is 10.5 Å². The quantitative estimate of drug-likeness (QED) is 0.845. The highest BCUT2D eigenvalue weighted by atomic mass is 35.5. The first kappa shape index (κ1) is 17.2. The van der Waals surface area contributed by atoms with Crippen molar-refractivity contribution in [3.8, 4) is 17.2 Å². The Morgan fingerprint density at radius 1 is 1.04 bits per heavy atom. The minimum absolute atomic E-state index is 0.133. The minimum Gasteiger partial charge on any atom is -0.484 e. The van der Waals surface area contributed by atoms with Gasteiger partial charge < -0.3 is 19.5 Å². The molecule has 7 nitrogen and oxygen atoms in total. The fraction of sp³-hybridized carbons (Fsp3) is 0.125. The van der Waals surface area contributed by atoms with Crippen LogP contribution in [0.2, 0.25) is 10.0 Å². The van der Waals surface area contributed by atoms with Gasteiger partial charge in [-0.05, 0) is 30.3 Å². The number of amides is 3. The van der Waals surface area contributed by atoms with E-state index in [1.165, 1.54) is 18.2 Å². The standard InChI is InChI=1S/C16H12Cl2N2O5/c17-9-3-10(18)5-12(4-9)23-7-15(21)20-16(22)19-11-1-2-13-14(6-11)25-8-24-13/h1-6H,7-8H2,(H2,19,20,21,22). The molecule has 0 aromatic heterocycles. The Bertz CT molecular complexity index is 808. The number of fused-ring (bicyclic) bond motifs is 1. The van der Waals surface area contributed by atoms with Gasteiger partial charge in [0, 0.05) is 21.8 Å². The summed E-state index contributed by atoms with van der Waals surface area (Å²) in [6, 6.07) is 8.73. The van der Waals surface area contributed by atoms with Crippen LogP contribution in [0.1, 0.15) is 0 Å². The summed E-state index contributed by atoms with van der Waals surface area (Å²) < 4.78 is 15.6. The molecule has 2 aromatic rings. The molecule has 25 heavy (non-hydrogen) atoms. The topological polar surface area (TPSA) is 85.9 Å². The second-order valence-electron chi connectivity index (χ2n) is 4.96. The molecule has 3 amide bonds. The van der Waals surface area contributed by atoms with Crippen LogP contribution in [0, 0.1) is 0 Å². The van der Waals surface area contributed by atoms with Crippen LogP contribution < -0.4 is 24.8 Å². The Morgan fingerprint density at radius 3 is 2.52 bits per heavy atom. The molecule has 0 spiro atoms. The van der Waals surface area contributed by atoms with E-state index in [0.29, 0.717) is 33.0 Å². The van der Waals surface area contributed by atoms with Crippen molar-refractivity contribution in [1.82, 2.24) is 5.32 Å². The average molecular weight is 383 g/mol. The minimum atomic E-state index is -0.698. The molecule has 1 heterocycles. The lowest BCUT2D eigenvalue weighted by atomic mass is 10.3. The van der Waals surface area contributed by atoms with E-state index in [1.807, 2.05) is 0 Å². The zero-order chi connectivity index (χ0) is 17.8. The molecular formula is C16H12Cl2N2O5. The van der Waals surface area contributed by atoms with E-state index in [2.05, 4.69) is 10.6 Å². The molecule has 9 heteroatoms. The fourth-order valence-electron chi connectivity index (χ4n) is 2.06. The molecule has 0 unspecified atom stereocenters. The van der Waals surface area contributed by atoms with E-state index in [1.54, 1.807) is 18.2 Å². The zero-order valence-electron chi connectivity index (χ0n) is 12.7. The Balaban J connectivity index is 1.49. The highest BCUT2D eigenvalue weighted by Gasteiger charge is 2.15. The number of ether oxygens (including phenoxy) is 3. The van der Waals surface area contributed by atoms with Gasteiger partial charge >= 0.3 is 6.03 Å². The summed E-state index contributed by atoms with van der Waals surface area (Å²) in [5.41, 5.74) is 0.456. The monoisotopic (exact) mass is 382 g/mol. The van der Waals surface area contributed by atoms with Gasteiger partial charge in [0.1, 0.15) is 5.75 Å². The first-order valence-electron chi connectivity index (χ1n) is 7.09. The van der Waals surface area contributed by atoms with E-state index < -0.39 is 11.9 Å². The largest absolute Gasteiger partial charge is 0.484 e. The molecule has 0 saturated heterocycles. The summed E-state index contributed by atoms with van der Waals surface area (Å²) in [5, 5.41) is 5.41. The van der Waals surface area contributed by atoms with Gasteiger partial charge in [-0.1, -0.05) is 23.2 Å². The molecule has 2 aromatic carbocycles. The van der Waals surface area contributed by atoms with Gasteiger partial charge in [-0.15, -0.1) is 0 Å². The maximum atomic E-state index is 11.8. The molecule has 130 valence electrons. The van der Waals surface area contributed by atoms with Crippen molar-refractivity contribution >= 4 is 40.8 Å². The molecule has 0 bridgehead atoms. The highest BCUT2D eigenvalue weighted by Crippen LogP contribution is 2.34. The normalized spacial score (nSPS) is 11.8. The molecule has 0 aliphatic carbocycles. The number of carbonyl (C=O) groups is 2. The van der Waals surface area contributed by atoms with Crippen LogP contribution >= 0.6 is 23.2 Å². The SMILES string of the molecule is O=C(COc1cc(Cl)cc(Cl)c1)NC(=O)Nc1ccc2c(c1)OCO2. The second-order valence-corrected chi connectivity index (χ2v) is 5.84. The lowest BCUT2D eigenvalue weighted by molar-refractivity contribution is -0.121. The summed E-state index contributed by atoms with van der Waals surface area (Å²) >= 11 is 11.7. The Kier molecular flexibility index (Phi) is 5.16. The van der Waals surface area contributed by atoms with Gasteiger partial charge in [-0.3, -0.25) is 10.1 Å². The molecule has 3 rings (SSSR count). The Labute approximate surface area is 152 Å². The lowest BCUT2D eigenvalue weighted by Gasteiger charge is -2.09. The second kappa shape index (κ2) is 7.50. The van der Waals surface area contributed by atoms with E-state index >= 15 is 0 Å². The van der Waals surface area contributed by atoms with Gasteiger partial charge in [-0.25, -0.2) is 4.79 Å². The first-order chi connectivity index (χ1) is 12.0. The third-order valence-corrected chi connectivity index (χ3v) is 3.53. The smallest absolute Gasteiger partial charge is 0.325 e. The van der Waals surface area contributed by atoms with Crippen molar-refractivity contribution in [3.63, 3.8) is 0 Å². The van der Waals surface area contributed by atoms with Gasteiger partial charge in [0.05, 0.1) is 0 Å². The van der Waals surface area contributed by atoms with Crippen molar-refractivity contribution in [2.45, 2.75) is 0 Å². The summed E-state index contributed by atoms with van der Waals surface area (Å²) in [5.74, 6) is 0.805. The maximum Gasteiger partial charge on any atom is 0.325 e. The van der Waals surface area contributed by atoms with Gasteiger partial charge in [0.2, 0.25) is 6.79 Å². The highest BCUT2D eigenvalue weighted by molar-refractivity contribution is 6.34. The fourth-order valence-corrected chi connectivity index (χ4v) is 2.57. The van der Waals surface area contributed by atoms with Crippen LogP contribution in [0.5, 0.6) is 17.2 Å². The summed E-state index contributed by atoms with van der Waals surface area (Å²) in [7, 11) is 0. The van der Waals surface area contributed by atoms with Gasteiger partial charge in [-0.2, -0.15) is 0 Å². The molecule has 1 aliphatic heterocycles. The maximum absolute atomic E-state index is 11.8. The third-order valence-electron chi connectivity index (χ3n) is 3.09. The molecular weight excluding hydrogens is 371 g/mol. The number of nitrogens with one attached hydrogen (secondary N) is 2. The van der Waals surface area contributed by atoms with Crippen molar-refractivity contribution in [1.29, 1.82) is 0 Å². The number of hydrogen-bond acceptors (Lipinski definition) is 5. The number of carbonyl (C=O) groups excluding carboxylic acids is 2. The molecule has 0 radical (unpaired) electrons. The Hall–Kier alpha value is -2.64. The molecule has 0 fully saturated rings. The summed E-state index contributed by atoms with van der Waals surface area (Å²) in [4.78, 5) is 23.6. The van der Waals surface area contributed by atoms with Crippen LogP contribution in [-0.2, 0) is 4.79 Å². The average Bonchev–Trinajstić information content (AvgIpc) is 2.99. The molecule has 0 saturated carbocycles. The van der Waals surface area contributed by atoms with Gasteiger partial charge in [0.25, 0.3) is 5.91 Å².